The predicted molar refractivity (Wildman–Crippen MR) is 93.4 cm³/mol. The molecule has 4 nitrogen and oxygen atoms in total. The Kier molecular flexibility index (Phi) is 7.68. The molecule has 0 amide bonds. The van der Waals surface area contributed by atoms with Crippen LogP contribution in [-0.2, 0) is 13.2 Å². The van der Waals surface area contributed by atoms with E-state index in [0.717, 1.165) is 30.0 Å². The first-order valence-electron chi connectivity index (χ1n) is 8.20. The van der Waals surface area contributed by atoms with Crippen LogP contribution in [0, 0.1) is 5.82 Å². The summed E-state index contributed by atoms with van der Waals surface area (Å²) >= 11 is 0. The van der Waals surface area contributed by atoms with Gasteiger partial charge in [0.15, 0.2) is 0 Å². The molecule has 0 spiro atoms. The molecule has 3 N–H and O–H groups in total. The quantitative estimate of drug-likeness (QED) is 0.585. The molecule has 0 aliphatic heterocycles. The molecule has 1 atom stereocenters. The molecule has 5 heteroatoms. The monoisotopic (exact) mass is 332 g/mol. The number of para-hydroxylation sites is 1. The van der Waals surface area contributed by atoms with E-state index in [4.69, 9.17) is 4.74 Å². The van der Waals surface area contributed by atoms with Crippen molar-refractivity contribution in [3.63, 3.8) is 0 Å². The Bertz CT molecular complexity index is 603. The van der Waals surface area contributed by atoms with Crippen LogP contribution in [0.15, 0.2) is 48.5 Å². The number of hydrogen-bond acceptors (Lipinski definition) is 4. The van der Waals surface area contributed by atoms with Crippen LogP contribution in [0.5, 0.6) is 5.75 Å². The van der Waals surface area contributed by atoms with E-state index in [9.17, 15) is 9.50 Å². The zero-order chi connectivity index (χ0) is 17.2. The van der Waals surface area contributed by atoms with Crippen LogP contribution in [0.25, 0.3) is 0 Å². The minimum Gasteiger partial charge on any atom is -0.489 e. The molecule has 0 unspecified atom stereocenters. The molecule has 130 valence electrons. The Morgan fingerprint density at radius 2 is 1.75 bits per heavy atom. The first-order valence-corrected chi connectivity index (χ1v) is 8.20. The van der Waals surface area contributed by atoms with Crippen molar-refractivity contribution in [3.05, 3.63) is 65.5 Å². The molecule has 0 saturated heterocycles. The molecule has 24 heavy (non-hydrogen) atoms. The van der Waals surface area contributed by atoms with Crippen molar-refractivity contribution in [2.45, 2.75) is 26.2 Å². The number of benzene rings is 2. The number of rotatable bonds is 10. The second-order valence-electron chi connectivity index (χ2n) is 5.75. The smallest absolute Gasteiger partial charge is 0.124 e. The lowest BCUT2D eigenvalue weighted by molar-refractivity contribution is 0.191. The van der Waals surface area contributed by atoms with E-state index in [-0.39, 0.29) is 11.9 Å². The Morgan fingerprint density at radius 1 is 1.04 bits per heavy atom. The Morgan fingerprint density at radius 3 is 2.50 bits per heavy atom. The molecule has 0 aliphatic rings. The van der Waals surface area contributed by atoms with Crippen LogP contribution in [0.1, 0.15) is 18.1 Å². The van der Waals surface area contributed by atoms with Gasteiger partial charge in [0, 0.05) is 31.7 Å². The summed E-state index contributed by atoms with van der Waals surface area (Å²) in [4.78, 5) is 0. The zero-order valence-electron chi connectivity index (χ0n) is 14.0. The first-order chi connectivity index (χ1) is 11.6. The third kappa shape index (κ3) is 6.66. The molecular weight excluding hydrogens is 307 g/mol. The van der Waals surface area contributed by atoms with Gasteiger partial charge in [-0.3, -0.25) is 0 Å². The maximum absolute atomic E-state index is 12.9. The van der Waals surface area contributed by atoms with E-state index >= 15 is 0 Å². The van der Waals surface area contributed by atoms with Crippen molar-refractivity contribution in [1.82, 2.24) is 10.6 Å². The predicted octanol–water partition coefficient (Wildman–Crippen LogP) is 2.46. The third-order valence-corrected chi connectivity index (χ3v) is 3.51. The normalized spacial score (nSPS) is 12.1. The lowest BCUT2D eigenvalue weighted by Crippen LogP contribution is -2.31. The summed E-state index contributed by atoms with van der Waals surface area (Å²) in [6, 6.07) is 14.2. The van der Waals surface area contributed by atoms with Crippen LogP contribution < -0.4 is 15.4 Å². The maximum atomic E-state index is 12.9. The molecule has 0 fully saturated rings. The van der Waals surface area contributed by atoms with Gasteiger partial charge in [0.1, 0.15) is 18.2 Å². The topological polar surface area (TPSA) is 53.5 Å². The van der Waals surface area contributed by atoms with E-state index in [2.05, 4.69) is 10.6 Å². The summed E-state index contributed by atoms with van der Waals surface area (Å²) in [5, 5.41) is 15.7. The highest BCUT2D eigenvalue weighted by molar-refractivity contribution is 5.33. The van der Waals surface area contributed by atoms with Gasteiger partial charge >= 0.3 is 0 Å². The molecule has 0 heterocycles. The largest absolute Gasteiger partial charge is 0.489 e. The van der Waals surface area contributed by atoms with Gasteiger partial charge < -0.3 is 20.5 Å². The number of ether oxygens (including phenoxy) is 1. The molecule has 0 radical (unpaired) electrons. The van der Waals surface area contributed by atoms with Gasteiger partial charge in [-0.2, -0.15) is 0 Å². The maximum Gasteiger partial charge on any atom is 0.124 e. The zero-order valence-corrected chi connectivity index (χ0v) is 14.0. The van der Waals surface area contributed by atoms with Gasteiger partial charge in [0.05, 0.1) is 6.10 Å². The van der Waals surface area contributed by atoms with Gasteiger partial charge in [0.2, 0.25) is 0 Å². The highest BCUT2D eigenvalue weighted by Crippen LogP contribution is 2.19. The van der Waals surface area contributed by atoms with E-state index in [1.807, 2.05) is 24.3 Å². The van der Waals surface area contributed by atoms with Gasteiger partial charge in [-0.05, 0) is 30.7 Å². The van der Waals surface area contributed by atoms with E-state index in [0.29, 0.717) is 19.7 Å². The fraction of sp³-hybridized carbons (Fsp3) is 0.368. The van der Waals surface area contributed by atoms with Gasteiger partial charge in [-0.15, -0.1) is 0 Å². The molecule has 0 saturated carbocycles. The Balaban J connectivity index is 1.78. The number of aliphatic hydroxyl groups is 1. The van der Waals surface area contributed by atoms with E-state index < -0.39 is 0 Å². The summed E-state index contributed by atoms with van der Waals surface area (Å²) in [5.41, 5.74) is 2.01. The van der Waals surface area contributed by atoms with Crippen molar-refractivity contribution in [2.75, 3.05) is 19.6 Å². The average Bonchev–Trinajstić information content (AvgIpc) is 2.58. The number of halogens is 1. The highest BCUT2D eigenvalue weighted by atomic mass is 19.1. The minimum absolute atomic E-state index is 0.243. The molecule has 0 aliphatic carbocycles. The third-order valence-electron chi connectivity index (χ3n) is 3.51. The summed E-state index contributed by atoms with van der Waals surface area (Å²) < 4.78 is 18.8. The highest BCUT2D eigenvalue weighted by Gasteiger charge is 2.03. The molecule has 2 rings (SSSR count). The van der Waals surface area contributed by atoms with E-state index in [1.54, 1.807) is 19.1 Å². The van der Waals surface area contributed by atoms with Crippen LogP contribution in [-0.4, -0.2) is 30.8 Å². The van der Waals surface area contributed by atoms with Crippen LogP contribution >= 0.6 is 0 Å². The van der Waals surface area contributed by atoms with Crippen molar-refractivity contribution in [2.24, 2.45) is 0 Å². The molecule has 2 aromatic carbocycles. The molecule has 0 aromatic heterocycles. The lowest BCUT2D eigenvalue weighted by atomic mass is 10.2. The summed E-state index contributed by atoms with van der Waals surface area (Å²) in [6.45, 7) is 5.07. The van der Waals surface area contributed by atoms with Crippen LogP contribution in [0.3, 0.4) is 0 Å². The fourth-order valence-corrected chi connectivity index (χ4v) is 2.24. The standard InChI is InChI=1S/C19H25FN2O2/c1-15(23)12-21-10-11-22-13-17-4-2-3-5-19(17)24-14-16-6-8-18(20)9-7-16/h2-9,15,21-23H,10-14H2,1H3/t15-/m1/s1. The second-order valence-corrected chi connectivity index (χ2v) is 5.75. The summed E-state index contributed by atoms with van der Waals surface area (Å²) in [5.74, 6) is 0.582. The Hall–Kier alpha value is -1.95. The van der Waals surface area contributed by atoms with E-state index in [1.165, 1.54) is 12.1 Å². The first kappa shape index (κ1) is 18.4. The van der Waals surface area contributed by atoms with Crippen molar-refractivity contribution >= 4 is 0 Å². The van der Waals surface area contributed by atoms with Gasteiger partial charge in [-0.25, -0.2) is 4.39 Å². The van der Waals surface area contributed by atoms with Gasteiger partial charge in [0.25, 0.3) is 0 Å². The minimum atomic E-state index is -0.328. The van der Waals surface area contributed by atoms with Gasteiger partial charge in [-0.1, -0.05) is 30.3 Å². The summed E-state index contributed by atoms with van der Waals surface area (Å²) in [7, 11) is 0. The van der Waals surface area contributed by atoms with Crippen molar-refractivity contribution in [3.8, 4) is 5.75 Å². The summed E-state index contributed by atoms with van der Waals surface area (Å²) in [6.07, 6.45) is -0.328. The fourth-order valence-electron chi connectivity index (χ4n) is 2.24. The van der Waals surface area contributed by atoms with Crippen molar-refractivity contribution in [1.29, 1.82) is 0 Å². The number of nitrogens with one attached hydrogen (secondary N) is 2. The number of hydrogen-bond donors (Lipinski definition) is 3. The average molecular weight is 332 g/mol. The molecule has 0 bridgehead atoms. The second kappa shape index (κ2) is 10.0. The SMILES string of the molecule is C[C@@H](O)CNCCNCc1ccccc1OCc1ccc(F)cc1. The molecular formula is C19H25FN2O2. The van der Waals surface area contributed by atoms with Crippen LogP contribution in [0.2, 0.25) is 0 Å². The van der Waals surface area contributed by atoms with Crippen LogP contribution in [0.4, 0.5) is 4.39 Å². The Labute approximate surface area is 142 Å². The lowest BCUT2D eigenvalue weighted by Gasteiger charge is -2.13. The number of aliphatic hydroxyl groups excluding tert-OH is 1. The molecule has 2 aromatic rings. The van der Waals surface area contributed by atoms with Crippen molar-refractivity contribution < 1.29 is 14.2 Å².